The molecule has 1 aromatic heterocycles. The number of carbonyl (C=O) groups excluding carboxylic acids is 1. The predicted molar refractivity (Wildman–Crippen MR) is 61.5 cm³/mol. The van der Waals surface area contributed by atoms with Gasteiger partial charge in [0.2, 0.25) is 5.91 Å². The van der Waals surface area contributed by atoms with Crippen LogP contribution in [0.2, 0.25) is 0 Å². The number of aliphatic carboxylic acids is 1. The zero-order valence-corrected chi connectivity index (χ0v) is 10.4. The number of amides is 1. The van der Waals surface area contributed by atoms with Crippen molar-refractivity contribution in [2.75, 3.05) is 18.5 Å². The van der Waals surface area contributed by atoms with Gasteiger partial charge in [-0.05, 0) is 28.1 Å². The molecule has 0 unspecified atom stereocenters. The average molecular weight is 306 g/mol. The highest BCUT2D eigenvalue weighted by Gasteiger charge is 2.53. The first-order chi connectivity index (χ1) is 7.54. The van der Waals surface area contributed by atoms with Crippen LogP contribution in [0.3, 0.4) is 0 Å². The number of carbonyl (C=O) groups is 2. The smallest absolute Gasteiger partial charge is 0.324 e. The second-order valence-electron chi connectivity index (χ2n) is 3.44. The van der Waals surface area contributed by atoms with E-state index in [2.05, 4.69) is 21.2 Å². The molecule has 16 heavy (non-hydrogen) atoms. The summed E-state index contributed by atoms with van der Waals surface area (Å²) in [6.45, 7) is -0.137. The predicted octanol–water partition coefficient (Wildman–Crippen LogP) is 1.55. The minimum absolute atomic E-state index is 0.0687. The highest BCUT2D eigenvalue weighted by Crippen LogP contribution is 2.32. The lowest BCUT2D eigenvalue weighted by molar-refractivity contribution is -0.182. The maximum atomic E-state index is 11.8. The van der Waals surface area contributed by atoms with E-state index < -0.39 is 17.3 Å². The summed E-state index contributed by atoms with van der Waals surface area (Å²) in [5, 5.41) is 12.2. The maximum absolute atomic E-state index is 11.8. The average Bonchev–Trinajstić information content (AvgIpc) is 2.47. The molecule has 0 radical (unpaired) electrons. The van der Waals surface area contributed by atoms with Crippen LogP contribution in [0.1, 0.15) is 0 Å². The van der Waals surface area contributed by atoms with Crippen molar-refractivity contribution >= 4 is 44.1 Å². The molecule has 0 saturated carbocycles. The van der Waals surface area contributed by atoms with Gasteiger partial charge >= 0.3 is 5.97 Å². The summed E-state index contributed by atoms with van der Waals surface area (Å²) in [5.41, 5.74) is -1.42. The quantitative estimate of drug-likeness (QED) is 0.831. The van der Waals surface area contributed by atoms with Crippen molar-refractivity contribution in [3.05, 3.63) is 15.9 Å². The zero-order valence-electron chi connectivity index (χ0n) is 8.03. The Kier molecular flexibility index (Phi) is 3.00. The minimum atomic E-state index is -1.42. The first-order valence-corrected chi connectivity index (χ1v) is 6.03. The van der Waals surface area contributed by atoms with Gasteiger partial charge in [0.05, 0.1) is 22.0 Å². The van der Waals surface area contributed by atoms with Crippen molar-refractivity contribution in [2.45, 2.75) is 0 Å². The van der Waals surface area contributed by atoms with E-state index in [1.807, 2.05) is 0 Å². The summed E-state index contributed by atoms with van der Waals surface area (Å²) in [6.07, 6.45) is 0. The van der Waals surface area contributed by atoms with Crippen molar-refractivity contribution in [2.24, 2.45) is 5.41 Å². The minimum Gasteiger partial charge on any atom is -0.480 e. The van der Waals surface area contributed by atoms with Crippen LogP contribution in [0, 0.1) is 5.41 Å². The van der Waals surface area contributed by atoms with Gasteiger partial charge in [0.15, 0.2) is 5.41 Å². The molecule has 2 rings (SSSR count). The molecule has 86 valence electrons. The van der Waals surface area contributed by atoms with E-state index in [1.165, 1.54) is 11.3 Å². The molecule has 1 aromatic rings. The second-order valence-corrected chi connectivity index (χ2v) is 5.90. The van der Waals surface area contributed by atoms with E-state index >= 15 is 0 Å². The number of anilines is 1. The van der Waals surface area contributed by atoms with Crippen LogP contribution in [-0.2, 0) is 14.3 Å². The number of nitrogens with one attached hydrogen (secondary N) is 1. The first-order valence-electron chi connectivity index (χ1n) is 4.42. The summed E-state index contributed by atoms with van der Waals surface area (Å²) >= 11 is 4.59. The van der Waals surface area contributed by atoms with Gasteiger partial charge in [0.1, 0.15) is 0 Å². The molecule has 2 heterocycles. The number of hydrogen-bond donors (Lipinski definition) is 2. The molecule has 1 fully saturated rings. The van der Waals surface area contributed by atoms with Crippen molar-refractivity contribution in [3.63, 3.8) is 0 Å². The third-order valence-electron chi connectivity index (χ3n) is 2.35. The van der Waals surface area contributed by atoms with Crippen LogP contribution in [0.25, 0.3) is 0 Å². The molecular formula is C9H8BrNO4S. The monoisotopic (exact) mass is 305 g/mol. The second kappa shape index (κ2) is 4.15. The van der Waals surface area contributed by atoms with Gasteiger partial charge in [-0.1, -0.05) is 0 Å². The summed E-state index contributed by atoms with van der Waals surface area (Å²) in [4.78, 5) is 22.8. The summed E-state index contributed by atoms with van der Waals surface area (Å²) in [6, 6.07) is 3.49. The van der Waals surface area contributed by atoms with Gasteiger partial charge in [0, 0.05) is 0 Å². The summed E-state index contributed by atoms with van der Waals surface area (Å²) in [5.74, 6) is -1.67. The molecule has 1 amide bonds. The molecule has 5 nitrogen and oxygen atoms in total. The molecule has 1 saturated heterocycles. The Morgan fingerprint density at radius 1 is 1.50 bits per heavy atom. The fraction of sp³-hybridized carbons (Fsp3) is 0.333. The van der Waals surface area contributed by atoms with Crippen LogP contribution in [0.15, 0.2) is 15.9 Å². The molecule has 0 spiro atoms. The summed E-state index contributed by atoms with van der Waals surface area (Å²) in [7, 11) is 0. The Balaban J connectivity index is 2.10. The van der Waals surface area contributed by atoms with Crippen LogP contribution in [0.5, 0.6) is 0 Å². The van der Waals surface area contributed by atoms with Crippen molar-refractivity contribution in [1.82, 2.24) is 0 Å². The number of ether oxygens (including phenoxy) is 1. The molecule has 0 aliphatic carbocycles. The maximum Gasteiger partial charge on any atom is 0.324 e. The lowest BCUT2D eigenvalue weighted by atomic mass is 9.85. The first kappa shape index (κ1) is 11.6. The molecule has 0 bridgehead atoms. The van der Waals surface area contributed by atoms with E-state index in [9.17, 15) is 9.59 Å². The number of carboxylic acids is 1. The molecule has 1 aliphatic rings. The molecule has 2 N–H and O–H groups in total. The van der Waals surface area contributed by atoms with E-state index in [1.54, 1.807) is 12.1 Å². The molecule has 0 atom stereocenters. The highest BCUT2D eigenvalue weighted by atomic mass is 79.9. The lowest BCUT2D eigenvalue weighted by Gasteiger charge is -2.35. The fourth-order valence-corrected chi connectivity index (χ4v) is 2.55. The fourth-order valence-electron chi connectivity index (χ4n) is 1.27. The van der Waals surface area contributed by atoms with Crippen LogP contribution < -0.4 is 5.32 Å². The van der Waals surface area contributed by atoms with E-state index in [-0.39, 0.29) is 13.2 Å². The van der Waals surface area contributed by atoms with Crippen LogP contribution in [-0.4, -0.2) is 30.2 Å². The topological polar surface area (TPSA) is 75.6 Å². The number of hydrogen-bond acceptors (Lipinski definition) is 4. The van der Waals surface area contributed by atoms with Crippen LogP contribution in [0.4, 0.5) is 5.00 Å². The van der Waals surface area contributed by atoms with Crippen LogP contribution >= 0.6 is 27.3 Å². The Morgan fingerprint density at radius 3 is 2.56 bits per heavy atom. The zero-order chi connectivity index (χ0) is 11.8. The van der Waals surface area contributed by atoms with E-state index in [0.717, 1.165) is 3.79 Å². The number of carboxylic acid groups (broad SMARTS) is 1. The van der Waals surface area contributed by atoms with Crippen molar-refractivity contribution < 1.29 is 19.4 Å². The van der Waals surface area contributed by atoms with Gasteiger partial charge < -0.3 is 15.2 Å². The van der Waals surface area contributed by atoms with Gasteiger partial charge in [-0.25, -0.2) is 0 Å². The van der Waals surface area contributed by atoms with Crippen molar-refractivity contribution in [1.29, 1.82) is 0 Å². The Bertz CT molecular complexity index is 440. The number of halogens is 1. The lowest BCUT2D eigenvalue weighted by Crippen LogP contribution is -2.57. The number of rotatable bonds is 3. The Hall–Kier alpha value is -0.920. The number of thiophene rings is 1. The van der Waals surface area contributed by atoms with Gasteiger partial charge in [-0.2, -0.15) is 0 Å². The summed E-state index contributed by atoms with van der Waals surface area (Å²) < 4.78 is 5.69. The third-order valence-corrected chi connectivity index (χ3v) is 3.89. The molecule has 0 aromatic carbocycles. The van der Waals surface area contributed by atoms with Gasteiger partial charge in [-0.3, -0.25) is 9.59 Å². The molecule has 7 heteroatoms. The van der Waals surface area contributed by atoms with Gasteiger partial charge in [-0.15, -0.1) is 11.3 Å². The van der Waals surface area contributed by atoms with Crippen molar-refractivity contribution in [3.8, 4) is 0 Å². The van der Waals surface area contributed by atoms with Gasteiger partial charge in [0.25, 0.3) is 0 Å². The Labute approximate surface area is 104 Å². The molecular weight excluding hydrogens is 298 g/mol. The largest absolute Gasteiger partial charge is 0.480 e. The Morgan fingerprint density at radius 2 is 2.19 bits per heavy atom. The normalized spacial score (nSPS) is 17.6. The SMILES string of the molecule is O=C(O)C1(C(=O)Nc2ccc(Br)s2)COC1. The van der Waals surface area contributed by atoms with E-state index in [4.69, 9.17) is 9.84 Å². The van der Waals surface area contributed by atoms with E-state index in [0.29, 0.717) is 5.00 Å². The standard InChI is InChI=1S/C9H8BrNO4S/c10-5-1-2-6(16-5)11-7(12)9(8(13)14)3-15-4-9/h1-2H,3-4H2,(H,11,12)(H,13,14). The third kappa shape index (κ3) is 1.85. The molecule has 1 aliphatic heterocycles. The highest BCUT2D eigenvalue weighted by molar-refractivity contribution is 9.11.